The minimum Gasteiger partial charge on any atom is -0.487 e. The van der Waals surface area contributed by atoms with Crippen LogP contribution in [0.1, 0.15) is 18.2 Å². The van der Waals surface area contributed by atoms with Gasteiger partial charge in [0.2, 0.25) is 0 Å². The molecule has 0 N–H and O–H groups in total. The first-order valence-corrected chi connectivity index (χ1v) is 6.86. The van der Waals surface area contributed by atoms with Gasteiger partial charge in [0.25, 0.3) is 0 Å². The molecule has 0 aliphatic rings. The lowest BCUT2D eigenvalue weighted by Crippen LogP contribution is -2.01. The van der Waals surface area contributed by atoms with E-state index in [1.54, 1.807) is 12.3 Å². The lowest BCUT2D eigenvalue weighted by molar-refractivity contribution is 0.301. The van der Waals surface area contributed by atoms with Crippen LogP contribution in [-0.4, -0.2) is 4.98 Å². The second kappa shape index (κ2) is 5.79. The molecular formula is C17H15NO3. The Morgan fingerprint density at radius 2 is 2.10 bits per heavy atom. The fourth-order valence-corrected chi connectivity index (χ4v) is 2.23. The quantitative estimate of drug-likeness (QED) is 0.688. The third-order valence-corrected chi connectivity index (χ3v) is 3.30. The highest BCUT2D eigenvalue weighted by atomic mass is 16.5. The maximum atomic E-state index is 11.5. The molecule has 4 heteroatoms. The molecule has 2 aromatic heterocycles. The molecule has 0 unspecified atom stereocenters. The molecule has 4 nitrogen and oxygen atoms in total. The molecule has 0 saturated carbocycles. The van der Waals surface area contributed by atoms with E-state index in [9.17, 15) is 4.79 Å². The van der Waals surface area contributed by atoms with E-state index in [0.717, 1.165) is 23.1 Å². The Hall–Kier alpha value is -2.62. The summed E-state index contributed by atoms with van der Waals surface area (Å²) in [5.74, 6) is 0.657. The number of nitrogens with zero attached hydrogens (tertiary/aromatic N) is 1. The van der Waals surface area contributed by atoms with Crippen LogP contribution in [0.4, 0.5) is 0 Å². The standard InChI is InChI=1S/C17H15NO3/c1-2-12-9-17(19)21-16-10-14(6-7-15(12)16)20-11-13-5-3-4-8-18-13/h3-10H,2,11H2,1H3. The number of ether oxygens (including phenoxy) is 1. The Morgan fingerprint density at radius 3 is 2.86 bits per heavy atom. The van der Waals surface area contributed by atoms with Gasteiger partial charge in [-0.1, -0.05) is 13.0 Å². The molecule has 0 amide bonds. The molecule has 0 bridgehead atoms. The predicted molar refractivity (Wildman–Crippen MR) is 80.4 cm³/mol. The molecule has 0 aliphatic carbocycles. The van der Waals surface area contributed by atoms with Crippen LogP contribution in [0.5, 0.6) is 5.75 Å². The lowest BCUT2D eigenvalue weighted by atomic mass is 10.1. The summed E-state index contributed by atoms with van der Waals surface area (Å²) in [7, 11) is 0. The van der Waals surface area contributed by atoms with Gasteiger partial charge in [-0.3, -0.25) is 4.98 Å². The molecule has 0 atom stereocenters. The molecule has 21 heavy (non-hydrogen) atoms. The number of rotatable bonds is 4. The minimum atomic E-state index is -0.332. The first-order valence-electron chi connectivity index (χ1n) is 6.86. The zero-order chi connectivity index (χ0) is 14.7. The summed E-state index contributed by atoms with van der Waals surface area (Å²) >= 11 is 0. The molecule has 0 fully saturated rings. The highest BCUT2D eigenvalue weighted by Crippen LogP contribution is 2.23. The van der Waals surface area contributed by atoms with Crippen LogP contribution >= 0.6 is 0 Å². The Kier molecular flexibility index (Phi) is 3.69. The van der Waals surface area contributed by atoms with Crippen molar-refractivity contribution in [2.75, 3.05) is 0 Å². The number of pyridine rings is 1. The van der Waals surface area contributed by atoms with E-state index >= 15 is 0 Å². The zero-order valence-electron chi connectivity index (χ0n) is 11.7. The summed E-state index contributed by atoms with van der Waals surface area (Å²) in [5.41, 5.74) is 2.05. The Balaban J connectivity index is 1.89. The van der Waals surface area contributed by atoms with Gasteiger partial charge in [0, 0.05) is 23.7 Å². The normalized spacial score (nSPS) is 10.7. The van der Waals surface area contributed by atoms with Crippen LogP contribution in [0, 0.1) is 0 Å². The van der Waals surface area contributed by atoms with E-state index in [4.69, 9.17) is 9.15 Å². The van der Waals surface area contributed by atoms with Crippen molar-refractivity contribution in [1.29, 1.82) is 0 Å². The predicted octanol–water partition coefficient (Wildman–Crippen LogP) is 3.33. The van der Waals surface area contributed by atoms with Gasteiger partial charge in [-0.05, 0) is 36.2 Å². The Morgan fingerprint density at radius 1 is 1.19 bits per heavy atom. The molecular weight excluding hydrogens is 266 g/mol. The molecule has 0 saturated heterocycles. The molecule has 2 heterocycles. The second-order valence-corrected chi connectivity index (χ2v) is 4.71. The number of aryl methyl sites for hydroxylation is 1. The van der Waals surface area contributed by atoms with Crippen molar-refractivity contribution in [2.24, 2.45) is 0 Å². The van der Waals surface area contributed by atoms with Crippen molar-refractivity contribution in [1.82, 2.24) is 4.98 Å². The van der Waals surface area contributed by atoms with Gasteiger partial charge in [0.05, 0.1) is 5.69 Å². The summed E-state index contributed by atoms with van der Waals surface area (Å²) < 4.78 is 10.9. The average molecular weight is 281 g/mol. The van der Waals surface area contributed by atoms with Gasteiger partial charge in [-0.25, -0.2) is 4.79 Å². The summed E-state index contributed by atoms with van der Waals surface area (Å²) in [5, 5.41) is 0.947. The molecule has 1 aromatic carbocycles. The third-order valence-electron chi connectivity index (χ3n) is 3.30. The average Bonchev–Trinajstić information content (AvgIpc) is 2.52. The number of fused-ring (bicyclic) bond motifs is 1. The fraction of sp³-hybridized carbons (Fsp3) is 0.176. The number of aromatic nitrogens is 1. The van der Waals surface area contributed by atoms with E-state index in [0.29, 0.717) is 17.9 Å². The van der Waals surface area contributed by atoms with Crippen LogP contribution in [0.2, 0.25) is 0 Å². The SMILES string of the molecule is CCc1cc(=O)oc2cc(OCc3ccccn3)ccc12. The lowest BCUT2D eigenvalue weighted by Gasteiger charge is -2.07. The third kappa shape index (κ3) is 2.94. The van der Waals surface area contributed by atoms with E-state index < -0.39 is 0 Å². The molecule has 0 spiro atoms. The highest BCUT2D eigenvalue weighted by Gasteiger charge is 2.06. The molecule has 0 radical (unpaired) electrons. The number of hydrogen-bond donors (Lipinski definition) is 0. The summed E-state index contributed by atoms with van der Waals surface area (Å²) in [6, 6.07) is 12.8. The van der Waals surface area contributed by atoms with Gasteiger partial charge >= 0.3 is 5.63 Å². The largest absolute Gasteiger partial charge is 0.487 e. The van der Waals surface area contributed by atoms with Crippen LogP contribution in [0.15, 0.2) is 57.9 Å². The van der Waals surface area contributed by atoms with Crippen molar-refractivity contribution < 1.29 is 9.15 Å². The van der Waals surface area contributed by atoms with Gasteiger partial charge in [0.1, 0.15) is 17.9 Å². The molecule has 3 aromatic rings. The van der Waals surface area contributed by atoms with Crippen molar-refractivity contribution in [3.63, 3.8) is 0 Å². The zero-order valence-corrected chi connectivity index (χ0v) is 11.7. The van der Waals surface area contributed by atoms with Crippen LogP contribution in [0.3, 0.4) is 0 Å². The maximum absolute atomic E-state index is 11.5. The van der Waals surface area contributed by atoms with Crippen molar-refractivity contribution in [2.45, 2.75) is 20.0 Å². The summed E-state index contributed by atoms with van der Waals surface area (Å²) in [4.78, 5) is 15.7. The van der Waals surface area contributed by atoms with E-state index in [1.807, 2.05) is 37.3 Å². The molecule has 0 aliphatic heterocycles. The molecule has 3 rings (SSSR count). The van der Waals surface area contributed by atoms with Gasteiger partial charge in [-0.15, -0.1) is 0 Å². The Bertz CT molecular complexity index is 809. The van der Waals surface area contributed by atoms with E-state index in [-0.39, 0.29) is 5.63 Å². The minimum absolute atomic E-state index is 0.332. The number of hydrogen-bond acceptors (Lipinski definition) is 4. The maximum Gasteiger partial charge on any atom is 0.336 e. The smallest absolute Gasteiger partial charge is 0.336 e. The molecule has 106 valence electrons. The van der Waals surface area contributed by atoms with Gasteiger partial charge < -0.3 is 9.15 Å². The van der Waals surface area contributed by atoms with E-state index in [1.165, 1.54) is 6.07 Å². The van der Waals surface area contributed by atoms with Crippen LogP contribution in [0.25, 0.3) is 11.0 Å². The van der Waals surface area contributed by atoms with E-state index in [2.05, 4.69) is 4.98 Å². The summed E-state index contributed by atoms with van der Waals surface area (Å²) in [6.07, 6.45) is 2.52. The van der Waals surface area contributed by atoms with Crippen molar-refractivity contribution in [3.05, 3.63) is 70.3 Å². The van der Waals surface area contributed by atoms with Gasteiger partial charge in [-0.2, -0.15) is 0 Å². The second-order valence-electron chi connectivity index (χ2n) is 4.71. The first-order chi connectivity index (χ1) is 10.3. The topological polar surface area (TPSA) is 52.3 Å². The highest BCUT2D eigenvalue weighted by molar-refractivity contribution is 5.81. The summed E-state index contributed by atoms with van der Waals surface area (Å²) in [6.45, 7) is 2.39. The van der Waals surface area contributed by atoms with Crippen LogP contribution in [-0.2, 0) is 13.0 Å². The first kappa shape index (κ1) is 13.4. The number of benzene rings is 1. The van der Waals surface area contributed by atoms with Crippen LogP contribution < -0.4 is 10.4 Å². The fourth-order valence-electron chi connectivity index (χ4n) is 2.23. The van der Waals surface area contributed by atoms with Gasteiger partial charge in [0.15, 0.2) is 0 Å². The monoisotopic (exact) mass is 281 g/mol. The van der Waals surface area contributed by atoms with Crippen molar-refractivity contribution in [3.8, 4) is 5.75 Å². The van der Waals surface area contributed by atoms with Crippen molar-refractivity contribution >= 4 is 11.0 Å². The Labute approximate surface area is 122 Å².